The van der Waals surface area contributed by atoms with Crippen LogP contribution in [0.3, 0.4) is 0 Å². The molecule has 1 aromatic carbocycles. The Kier molecular flexibility index (Phi) is 7.28. The monoisotopic (exact) mass is 270 g/mol. The second-order valence-corrected chi connectivity index (χ2v) is 4.89. The van der Waals surface area contributed by atoms with Crippen molar-refractivity contribution in [1.82, 2.24) is 4.90 Å². The summed E-state index contributed by atoms with van der Waals surface area (Å²) in [7, 11) is 0. The highest BCUT2D eigenvalue weighted by Gasteiger charge is 2.08. The minimum absolute atomic E-state index is 0.183. The molecule has 0 bridgehead atoms. The van der Waals surface area contributed by atoms with Gasteiger partial charge in [-0.15, -0.1) is 0 Å². The maximum Gasteiger partial charge on any atom is 0.0558 e. The van der Waals surface area contributed by atoms with Crippen molar-refractivity contribution in [2.24, 2.45) is 5.73 Å². The fraction of sp³-hybridized carbons (Fsp3) is 0.571. The molecule has 0 heterocycles. The van der Waals surface area contributed by atoms with E-state index in [1.165, 1.54) is 0 Å². The van der Waals surface area contributed by atoms with E-state index in [9.17, 15) is 0 Å². The highest BCUT2D eigenvalue weighted by Crippen LogP contribution is 2.19. The summed E-state index contributed by atoms with van der Waals surface area (Å²) < 4.78 is 0. The summed E-state index contributed by atoms with van der Waals surface area (Å²) in [5, 5.41) is 9.84. The van der Waals surface area contributed by atoms with Gasteiger partial charge in [0.05, 0.1) is 6.61 Å². The van der Waals surface area contributed by atoms with E-state index in [4.69, 9.17) is 22.4 Å². The first-order valence-corrected chi connectivity index (χ1v) is 6.89. The van der Waals surface area contributed by atoms with Crippen LogP contribution < -0.4 is 5.73 Å². The van der Waals surface area contributed by atoms with Crippen molar-refractivity contribution in [2.75, 3.05) is 19.7 Å². The Balaban J connectivity index is 2.67. The standard InChI is InChI=1S/C14H23ClN2O/c1-2-3-6-17(7-8-18)11-13-5-4-12(10-16)9-14(13)15/h4-5,9,18H,2-3,6-8,10-11,16H2,1H3. The molecule has 1 aromatic rings. The number of hydrogen-bond donors (Lipinski definition) is 2. The van der Waals surface area contributed by atoms with Gasteiger partial charge < -0.3 is 10.8 Å². The molecule has 3 nitrogen and oxygen atoms in total. The van der Waals surface area contributed by atoms with Gasteiger partial charge in [-0.2, -0.15) is 0 Å². The molecule has 0 saturated carbocycles. The Hall–Kier alpha value is -0.610. The molecule has 102 valence electrons. The van der Waals surface area contributed by atoms with E-state index in [0.717, 1.165) is 42.1 Å². The second-order valence-electron chi connectivity index (χ2n) is 4.48. The number of benzene rings is 1. The summed E-state index contributed by atoms with van der Waals surface area (Å²) >= 11 is 6.24. The molecule has 0 aliphatic rings. The fourth-order valence-corrected chi connectivity index (χ4v) is 2.14. The zero-order valence-corrected chi connectivity index (χ0v) is 11.8. The number of aliphatic hydroxyl groups is 1. The third-order valence-electron chi connectivity index (χ3n) is 2.99. The molecule has 1 rings (SSSR count). The van der Waals surface area contributed by atoms with E-state index in [1.807, 2.05) is 18.2 Å². The molecule has 3 N–H and O–H groups in total. The summed E-state index contributed by atoms with van der Waals surface area (Å²) in [6, 6.07) is 5.97. The van der Waals surface area contributed by atoms with Crippen molar-refractivity contribution < 1.29 is 5.11 Å². The van der Waals surface area contributed by atoms with Gasteiger partial charge in [0.1, 0.15) is 0 Å². The maximum atomic E-state index is 9.07. The lowest BCUT2D eigenvalue weighted by Crippen LogP contribution is -2.27. The highest BCUT2D eigenvalue weighted by atomic mass is 35.5. The van der Waals surface area contributed by atoms with E-state index < -0.39 is 0 Å². The van der Waals surface area contributed by atoms with Crippen LogP contribution in [0.5, 0.6) is 0 Å². The first-order chi connectivity index (χ1) is 8.71. The summed E-state index contributed by atoms with van der Waals surface area (Å²) in [6.07, 6.45) is 2.29. The molecule has 0 aliphatic heterocycles. The van der Waals surface area contributed by atoms with Gasteiger partial charge in [-0.3, -0.25) is 4.90 Å². The third-order valence-corrected chi connectivity index (χ3v) is 3.34. The molecule has 0 amide bonds. The van der Waals surface area contributed by atoms with E-state index in [1.54, 1.807) is 0 Å². The number of nitrogens with zero attached hydrogens (tertiary/aromatic N) is 1. The summed E-state index contributed by atoms with van der Waals surface area (Å²) in [5.74, 6) is 0. The fourth-order valence-electron chi connectivity index (χ4n) is 1.88. The zero-order chi connectivity index (χ0) is 13.4. The Morgan fingerprint density at radius 3 is 2.67 bits per heavy atom. The number of aliphatic hydroxyl groups excluding tert-OH is 1. The highest BCUT2D eigenvalue weighted by molar-refractivity contribution is 6.31. The maximum absolute atomic E-state index is 9.07. The summed E-state index contributed by atoms with van der Waals surface area (Å²) in [6.45, 7) is 5.32. The first kappa shape index (κ1) is 15.4. The number of unbranched alkanes of at least 4 members (excludes halogenated alkanes) is 1. The molecule has 4 heteroatoms. The van der Waals surface area contributed by atoms with Crippen LogP contribution in [0.1, 0.15) is 30.9 Å². The number of halogens is 1. The molecule has 0 radical (unpaired) electrons. The molecule has 0 atom stereocenters. The van der Waals surface area contributed by atoms with Gasteiger partial charge in [-0.1, -0.05) is 37.1 Å². The molecule has 0 aliphatic carbocycles. The Morgan fingerprint density at radius 2 is 2.11 bits per heavy atom. The predicted octanol–water partition coefficient (Wildman–Crippen LogP) is 2.39. The summed E-state index contributed by atoms with van der Waals surface area (Å²) in [4.78, 5) is 2.23. The first-order valence-electron chi connectivity index (χ1n) is 6.51. The van der Waals surface area contributed by atoms with Crippen molar-refractivity contribution in [3.05, 3.63) is 34.3 Å². The molecule has 0 saturated heterocycles. The van der Waals surface area contributed by atoms with E-state index >= 15 is 0 Å². The van der Waals surface area contributed by atoms with Crippen molar-refractivity contribution in [3.8, 4) is 0 Å². The number of rotatable bonds is 8. The quantitative estimate of drug-likeness (QED) is 0.763. The number of nitrogens with two attached hydrogens (primary N) is 1. The van der Waals surface area contributed by atoms with Crippen molar-refractivity contribution >= 4 is 11.6 Å². The second kappa shape index (κ2) is 8.48. The van der Waals surface area contributed by atoms with E-state index in [-0.39, 0.29) is 6.61 Å². The van der Waals surface area contributed by atoms with Crippen LogP contribution in [-0.4, -0.2) is 29.7 Å². The van der Waals surface area contributed by atoms with E-state index in [2.05, 4.69) is 11.8 Å². The SMILES string of the molecule is CCCCN(CCO)Cc1ccc(CN)cc1Cl. The minimum Gasteiger partial charge on any atom is -0.395 e. The van der Waals surface area contributed by atoms with Crippen LogP contribution in [0, 0.1) is 0 Å². The van der Waals surface area contributed by atoms with Crippen LogP contribution in [0.4, 0.5) is 0 Å². The minimum atomic E-state index is 0.183. The topological polar surface area (TPSA) is 49.5 Å². The van der Waals surface area contributed by atoms with Gasteiger partial charge in [0.15, 0.2) is 0 Å². The molecule has 18 heavy (non-hydrogen) atoms. The lowest BCUT2D eigenvalue weighted by Gasteiger charge is -2.21. The number of hydrogen-bond acceptors (Lipinski definition) is 3. The van der Waals surface area contributed by atoms with Gasteiger partial charge in [0.2, 0.25) is 0 Å². The van der Waals surface area contributed by atoms with Crippen LogP contribution in [0.2, 0.25) is 5.02 Å². The lowest BCUT2D eigenvalue weighted by atomic mass is 10.1. The smallest absolute Gasteiger partial charge is 0.0558 e. The van der Waals surface area contributed by atoms with Crippen molar-refractivity contribution in [3.63, 3.8) is 0 Å². The summed E-state index contributed by atoms with van der Waals surface area (Å²) in [5.41, 5.74) is 7.72. The van der Waals surface area contributed by atoms with Crippen LogP contribution >= 0.6 is 11.6 Å². The molecule has 0 aromatic heterocycles. The van der Waals surface area contributed by atoms with Gasteiger partial charge in [0.25, 0.3) is 0 Å². The average molecular weight is 271 g/mol. The Bertz CT molecular complexity index is 358. The third kappa shape index (κ3) is 4.94. The molecule has 0 fully saturated rings. The molecule has 0 unspecified atom stereocenters. The van der Waals surface area contributed by atoms with Crippen LogP contribution in [-0.2, 0) is 13.1 Å². The van der Waals surface area contributed by atoms with Gasteiger partial charge in [-0.25, -0.2) is 0 Å². The Morgan fingerprint density at radius 1 is 1.33 bits per heavy atom. The van der Waals surface area contributed by atoms with Crippen LogP contribution in [0.25, 0.3) is 0 Å². The average Bonchev–Trinajstić information content (AvgIpc) is 2.38. The Labute approximate surface area is 115 Å². The molecule has 0 spiro atoms. The van der Waals surface area contributed by atoms with Crippen molar-refractivity contribution in [1.29, 1.82) is 0 Å². The van der Waals surface area contributed by atoms with Crippen LogP contribution in [0.15, 0.2) is 18.2 Å². The zero-order valence-electron chi connectivity index (χ0n) is 11.0. The lowest BCUT2D eigenvalue weighted by molar-refractivity contribution is 0.188. The normalized spacial score (nSPS) is 11.2. The van der Waals surface area contributed by atoms with Gasteiger partial charge >= 0.3 is 0 Å². The largest absolute Gasteiger partial charge is 0.395 e. The molecular weight excluding hydrogens is 248 g/mol. The molecular formula is C14H23ClN2O. The van der Waals surface area contributed by atoms with E-state index in [0.29, 0.717) is 13.1 Å². The predicted molar refractivity (Wildman–Crippen MR) is 76.6 cm³/mol. The van der Waals surface area contributed by atoms with Gasteiger partial charge in [0, 0.05) is 24.7 Å². The van der Waals surface area contributed by atoms with Crippen molar-refractivity contribution in [2.45, 2.75) is 32.9 Å². The van der Waals surface area contributed by atoms with Gasteiger partial charge in [-0.05, 0) is 30.2 Å².